The Balaban J connectivity index is 1.62. The molecular weight excluding hydrogens is 366 g/mol. The predicted octanol–water partition coefficient (Wildman–Crippen LogP) is 2.09. The fourth-order valence-corrected chi connectivity index (χ4v) is 5.49. The molecule has 0 saturated carbocycles. The minimum absolute atomic E-state index is 0.0597. The van der Waals surface area contributed by atoms with Crippen LogP contribution in [0.5, 0.6) is 0 Å². The van der Waals surface area contributed by atoms with Crippen molar-refractivity contribution in [1.29, 1.82) is 0 Å². The molecular formula is C15H20BrN3O2S. The van der Waals surface area contributed by atoms with Crippen LogP contribution in [-0.4, -0.2) is 66.0 Å². The molecule has 22 heavy (non-hydrogen) atoms. The smallest absolute Gasteiger partial charge is 0.275 e. The molecule has 0 aliphatic carbocycles. The maximum atomic E-state index is 12.9. The number of ether oxygens (including phenoxy) is 1. The number of aromatic nitrogens is 1. The molecule has 7 heteroatoms. The Hall–Kier alpha value is -0.500. The highest BCUT2D eigenvalue weighted by molar-refractivity contribution is 9.10. The van der Waals surface area contributed by atoms with Gasteiger partial charge in [0.2, 0.25) is 0 Å². The molecule has 3 saturated heterocycles. The molecule has 0 unspecified atom stereocenters. The second-order valence-electron chi connectivity index (χ2n) is 6.82. The summed E-state index contributed by atoms with van der Waals surface area (Å²) in [6.07, 6.45) is 2.33. The first-order chi connectivity index (χ1) is 10.6. The van der Waals surface area contributed by atoms with Crippen LogP contribution in [0.3, 0.4) is 0 Å². The summed E-state index contributed by atoms with van der Waals surface area (Å²) in [6, 6.07) is 0.226. The summed E-state index contributed by atoms with van der Waals surface area (Å²) < 4.78 is 10.8. The summed E-state index contributed by atoms with van der Waals surface area (Å²) in [7, 11) is 2.18. The molecule has 2 atom stereocenters. The van der Waals surface area contributed by atoms with Crippen molar-refractivity contribution in [3.05, 3.63) is 15.5 Å². The number of piperidine rings is 1. The van der Waals surface area contributed by atoms with E-state index in [1.54, 1.807) is 0 Å². The second kappa shape index (κ2) is 5.54. The molecule has 1 aromatic heterocycles. The average molecular weight is 386 g/mol. The Morgan fingerprint density at radius 2 is 2.23 bits per heavy atom. The summed E-state index contributed by atoms with van der Waals surface area (Å²) in [5.41, 5.74) is 0.798. The Bertz CT molecular complexity index is 585. The molecule has 3 fully saturated rings. The minimum Gasteiger partial charge on any atom is -0.379 e. The van der Waals surface area contributed by atoms with E-state index in [1.807, 2.05) is 10.3 Å². The number of rotatable bonds is 1. The summed E-state index contributed by atoms with van der Waals surface area (Å²) >= 11 is 4.77. The largest absolute Gasteiger partial charge is 0.379 e. The van der Waals surface area contributed by atoms with Crippen molar-refractivity contribution in [2.75, 3.05) is 39.9 Å². The van der Waals surface area contributed by atoms with E-state index in [0.717, 1.165) is 43.6 Å². The van der Waals surface area contributed by atoms with E-state index in [1.165, 1.54) is 11.5 Å². The lowest BCUT2D eigenvalue weighted by Crippen LogP contribution is -2.43. The SMILES string of the molecule is CN1CCC2(CC1)CN(C(=O)c1nscc1Br)[C@@H]1COC[C@@H]12. The second-order valence-corrected chi connectivity index (χ2v) is 8.30. The van der Waals surface area contributed by atoms with Crippen LogP contribution >= 0.6 is 27.5 Å². The first kappa shape index (κ1) is 15.1. The lowest BCUT2D eigenvalue weighted by molar-refractivity contribution is 0.0495. The average Bonchev–Trinajstić information content (AvgIpc) is 3.19. The number of carbonyl (C=O) groups excluding carboxylic acids is 1. The van der Waals surface area contributed by atoms with Gasteiger partial charge in [-0.05, 0) is 65.9 Å². The Morgan fingerprint density at radius 1 is 1.45 bits per heavy atom. The van der Waals surface area contributed by atoms with Gasteiger partial charge in [0.15, 0.2) is 5.69 Å². The predicted molar refractivity (Wildman–Crippen MR) is 88.1 cm³/mol. The highest BCUT2D eigenvalue weighted by atomic mass is 79.9. The van der Waals surface area contributed by atoms with Crippen LogP contribution in [0.1, 0.15) is 23.3 Å². The minimum atomic E-state index is 0.0597. The summed E-state index contributed by atoms with van der Waals surface area (Å²) in [5, 5.41) is 1.87. The van der Waals surface area contributed by atoms with Crippen LogP contribution in [0.25, 0.3) is 0 Å². The van der Waals surface area contributed by atoms with Crippen LogP contribution in [-0.2, 0) is 4.74 Å². The molecule has 0 aromatic carbocycles. The molecule has 4 rings (SSSR count). The maximum absolute atomic E-state index is 12.9. The summed E-state index contributed by atoms with van der Waals surface area (Å²) in [6.45, 7) is 4.58. The topological polar surface area (TPSA) is 45.7 Å². The van der Waals surface area contributed by atoms with Gasteiger partial charge in [0.1, 0.15) is 0 Å². The van der Waals surface area contributed by atoms with Gasteiger partial charge in [-0.15, -0.1) is 0 Å². The molecule has 3 aliphatic heterocycles. The van der Waals surface area contributed by atoms with Crippen molar-refractivity contribution in [3.8, 4) is 0 Å². The molecule has 0 N–H and O–H groups in total. The van der Waals surface area contributed by atoms with Gasteiger partial charge in [-0.25, -0.2) is 0 Å². The molecule has 3 aliphatic rings. The van der Waals surface area contributed by atoms with E-state index in [9.17, 15) is 4.79 Å². The Morgan fingerprint density at radius 3 is 2.91 bits per heavy atom. The molecule has 1 spiro atoms. The van der Waals surface area contributed by atoms with E-state index in [4.69, 9.17) is 4.74 Å². The maximum Gasteiger partial charge on any atom is 0.275 e. The number of hydrogen-bond acceptors (Lipinski definition) is 5. The van der Waals surface area contributed by atoms with Crippen molar-refractivity contribution in [2.24, 2.45) is 11.3 Å². The normalized spacial score (nSPS) is 30.9. The lowest BCUT2D eigenvalue weighted by Gasteiger charge is -2.40. The molecule has 1 aromatic rings. The van der Waals surface area contributed by atoms with Gasteiger partial charge in [0.25, 0.3) is 5.91 Å². The van der Waals surface area contributed by atoms with Crippen LogP contribution < -0.4 is 0 Å². The molecule has 0 radical (unpaired) electrons. The number of likely N-dealkylation sites (tertiary alicyclic amines) is 2. The van der Waals surface area contributed by atoms with Crippen LogP contribution in [0.2, 0.25) is 0 Å². The van der Waals surface area contributed by atoms with Crippen molar-refractivity contribution < 1.29 is 9.53 Å². The number of fused-ring (bicyclic) bond motifs is 2. The number of amides is 1. The van der Waals surface area contributed by atoms with Crippen LogP contribution in [0, 0.1) is 11.3 Å². The van der Waals surface area contributed by atoms with E-state index in [-0.39, 0.29) is 17.4 Å². The molecule has 1 amide bonds. The van der Waals surface area contributed by atoms with Crippen molar-refractivity contribution in [3.63, 3.8) is 0 Å². The molecule has 120 valence electrons. The van der Waals surface area contributed by atoms with Crippen molar-refractivity contribution in [2.45, 2.75) is 18.9 Å². The first-order valence-corrected chi connectivity index (χ1v) is 9.41. The van der Waals surface area contributed by atoms with Crippen LogP contribution in [0.4, 0.5) is 0 Å². The zero-order valence-electron chi connectivity index (χ0n) is 12.6. The summed E-state index contributed by atoms with van der Waals surface area (Å²) in [5.74, 6) is 0.548. The third-order valence-corrected chi connectivity index (χ3v) is 7.23. The fourth-order valence-electron chi connectivity index (χ4n) is 4.33. The lowest BCUT2D eigenvalue weighted by atomic mass is 9.70. The molecule has 0 bridgehead atoms. The van der Waals surface area contributed by atoms with Gasteiger partial charge in [-0.1, -0.05) is 0 Å². The van der Waals surface area contributed by atoms with Gasteiger partial charge < -0.3 is 14.5 Å². The number of hydrogen-bond donors (Lipinski definition) is 0. The number of halogens is 1. The molecule has 5 nitrogen and oxygen atoms in total. The zero-order valence-corrected chi connectivity index (χ0v) is 15.0. The number of carbonyl (C=O) groups is 1. The van der Waals surface area contributed by atoms with Crippen molar-refractivity contribution >= 4 is 33.4 Å². The fraction of sp³-hybridized carbons (Fsp3) is 0.733. The monoisotopic (exact) mass is 385 g/mol. The van der Waals surface area contributed by atoms with Gasteiger partial charge in [0.05, 0.1) is 23.7 Å². The van der Waals surface area contributed by atoms with Gasteiger partial charge in [-0.3, -0.25) is 4.79 Å². The third-order valence-electron chi connectivity index (χ3n) is 5.70. The first-order valence-electron chi connectivity index (χ1n) is 7.78. The Kier molecular flexibility index (Phi) is 3.79. The molecule has 4 heterocycles. The third kappa shape index (κ3) is 2.25. The van der Waals surface area contributed by atoms with E-state index < -0.39 is 0 Å². The van der Waals surface area contributed by atoms with E-state index in [2.05, 4.69) is 32.3 Å². The summed E-state index contributed by atoms with van der Waals surface area (Å²) in [4.78, 5) is 17.4. The standard InChI is InChI=1S/C15H20BrN3O2S/c1-18-4-2-15(3-5-18)9-19(12-7-21-6-10(12)15)14(20)13-11(16)8-22-17-13/h8,10,12H,2-7,9H2,1H3/t10-,12+/m0/s1. The zero-order chi connectivity index (χ0) is 15.3. The van der Waals surface area contributed by atoms with E-state index >= 15 is 0 Å². The quantitative estimate of drug-likeness (QED) is 0.742. The number of nitrogens with zero attached hydrogens (tertiary/aromatic N) is 3. The Labute approximate surface area is 142 Å². The highest BCUT2D eigenvalue weighted by Gasteiger charge is 2.56. The van der Waals surface area contributed by atoms with Gasteiger partial charge in [0, 0.05) is 17.8 Å². The van der Waals surface area contributed by atoms with Crippen molar-refractivity contribution in [1.82, 2.24) is 14.2 Å². The van der Waals surface area contributed by atoms with E-state index in [0.29, 0.717) is 18.2 Å². The highest BCUT2D eigenvalue weighted by Crippen LogP contribution is 2.50. The van der Waals surface area contributed by atoms with Gasteiger partial charge in [-0.2, -0.15) is 4.37 Å². The van der Waals surface area contributed by atoms with Gasteiger partial charge >= 0.3 is 0 Å². The van der Waals surface area contributed by atoms with Crippen LogP contribution in [0.15, 0.2) is 9.85 Å².